The minimum Gasteiger partial charge on any atom is -0.497 e. The number of nitrogens with one attached hydrogen (secondary N) is 1. The highest BCUT2D eigenvalue weighted by atomic mass is 35.5. The Morgan fingerprint density at radius 2 is 2.08 bits per heavy atom. The number of rotatable bonds is 7. The second-order valence-electron chi connectivity index (χ2n) is 6.25. The average molecular weight is 378 g/mol. The number of hydrogen-bond donors (Lipinski definition) is 1. The molecule has 0 saturated heterocycles. The molecule has 0 spiro atoms. The summed E-state index contributed by atoms with van der Waals surface area (Å²) in [4.78, 5) is 12.3. The highest BCUT2D eigenvalue weighted by Crippen LogP contribution is 2.29. The van der Waals surface area contributed by atoms with Crippen LogP contribution in [0, 0.1) is 12.8 Å². The third kappa shape index (κ3) is 4.79. The number of aromatic nitrogens is 2. The van der Waals surface area contributed by atoms with Crippen molar-refractivity contribution in [2.24, 2.45) is 5.92 Å². The molecule has 0 aliphatic heterocycles. The van der Waals surface area contributed by atoms with Crippen molar-refractivity contribution < 1.29 is 14.3 Å². The normalized spacial score (nSPS) is 11.2. The molecule has 0 saturated carbocycles. The zero-order valence-electron chi connectivity index (χ0n) is 15.7. The summed E-state index contributed by atoms with van der Waals surface area (Å²) in [5.41, 5.74) is 2.08. The second kappa shape index (κ2) is 8.76. The summed E-state index contributed by atoms with van der Waals surface area (Å²) >= 11 is 6.38. The van der Waals surface area contributed by atoms with E-state index < -0.39 is 0 Å². The third-order valence-corrected chi connectivity index (χ3v) is 4.11. The summed E-state index contributed by atoms with van der Waals surface area (Å²) < 4.78 is 12.2. The SMILES string of the molecule is COc1ccc(NC(=O)/C=C/c2c(C)nn(CC(C)C)c2Cl)c(OC)c1. The molecule has 26 heavy (non-hydrogen) atoms. The first-order chi connectivity index (χ1) is 12.3. The summed E-state index contributed by atoms with van der Waals surface area (Å²) in [6.45, 7) is 6.78. The van der Waals surface area contributed by atoms with E-state index in [0.717, 1.165) is 17.8 Å². The molecule has 2 rings (SSSR count). The van der Waals surface area contributed by atoms with Crippen LogP contribution in [0.3, 0.4) is 0 Å². The Bertz CT molecular complexity index is 813. The summed E-state index contributed by atoms with van der Waals surface area (Å²) in [6, 6.07) is 5.18. The predicted octanol–water partition coefficient (Wildman–Crippen LogP) is 4.17. The fourth-order valence-corrected chi connectivity index (χ4v) is 2.77. The quantitative estimate of drug-likeness (QED) is 0.735. The maximum atomic E-state index is 12.3. The number of amides is 1. The van der Waals surface area contributed by atoms with Crippen molar-refractivity contribution in [3.63, 3.8) is 0 Å². The van der Waals surface area contributed by atoms with Crippen LogP contribution in [0.15, 0.2) is 24.3 Å². The number of carbonyl (C=O) groups excluding carboxylic acids is 1. The summed E-state index contributed by atoms with van der Waals surface area (Å²) in [5, 5.41) is 7.74. The molecule has 0 aliphatic rings. The van der Waals surface area contributed by atoms with Gasteiger partial charge in [0.05, 0.1) is 25.6 Å². The van der Waals surface area contributed by atoms with Crippen LogP contribution >= 0.6 is 11.6 Å². The molecule has 0 aliphatic carbocycles. The van der Waals surface area contributed by atoms with Gasteiger partial charge in [-0.1, -0.05) is 25.4 Å². The van der Waals surface area contributed by atoms with Crippen LogP contribution < -0.4 is 14.8 Å². The Morgan fingerprint density at radius 3 is 2.69 bits per heavy atom. The Hall–Kier alpha value is -2.47. The Balaban J connectivity index is 2.14. The molecule has 2 aromatic rings. The molecule has 140 valence electrons. The fraction of sp³-hybridized carbons (Fsp3) is 0.368. The zero-order chi connectivity index (χ0) is 19.3. The van der Waals surface area contributed by atoms with Crippen LogP contribution in [0.5, 0.6) is 11.5 Å². The lowest BCUT2D eigenvalue weighted by molar-refractivity contribution is -0.111. The number of halogens is 1. The molecule has 7 heteroatoms. The van der Waals surface area contributed by atoms with Gasteiger partial charge >= 0.3 is 0 Å². The highest BCUT2D eigenvalue weighted by molar-refractivity contribution is 6.31. The number of anilines is 1. The molecular formula is C19H24ClN3O3. The molecule has 0 bridgehead atoms. The molecule has 1 heterocycles. The van der Waals surface area contributed by atoms with E-state index in [2.05, 4.69) is 24.3 Å². The zero-order valence-corrected chi connectivity index (χ0v) is 16.4. The van der Waals surface area contributed by atoms with Crippen LogP contribution in [0.4, 0.5) is 5.69 Å². The molecule has 1 amide bonds. The lowest BCUT2D eigenvalue weighted by atomic mass is 10.2. The number of methoxy groups -OCH3 is 2. The maximum absolute atomic E-state index is 12.3. The van der Waals surface area contributed by atoms with Crippen LogP contribution in [0.1, 0.15) is 25.1 Å². The lowest BCUT2D eigenvalue weighted by Crippen LogP contribution is -2.09. The van der Waals surface area contributed by atoms with E-state index in [1.54, 1.807) is 36.1 Å². The van der Waals surface area contributed by atoms with Gasteiger partial charge in [-0.25, -0.2) is 0 Å². The predicted molar refractivity (Wildman–Crippen MR) is 104 cm³/mol. The summed E-state index contributed by atoms with van der Waals surface area (Å²) in [6.07, 6.45) is 3.10. The van der Waals surface area contributed by atoms with Gasteiger partial charge in [0.15, 0.2) is 0 Å². The van der Waals surface area contributed by atoms with Crippen molar-refractivity contribution in [2.45, 2.75) is 27.3 Å². The molecular weight excluding hydrogens is 354 g/mol. The van der Waals surface area contributed by atoms with Crippen LogP contribution in [-0.4, -0.2) is 29.9 Å². The van der Waals surface area contributed by atoms with Gasteiger partial charge in [0, 0.05) is 24.3 Å². The van der Waals surface area contributed by atoms with Crippen LogP contribution in [-0.2, 0) is 11.3 Å². The Kier molecular flexibility index (Phi) is 6.69. The van der Waals surface area contributed by atoms with Crippen molar-refractivity contribution >= 4 is 29.3 Å². The van der Waals surface area contributed by atoms with Gasteiger partial charge in [0.25, 0.3) is 0 Å². The lowest BCUT2D eigenvalue weighted by Gasteiger charge is -2.10. The molecule has 0 unspecified atom stereocenters. The van der Waals surface area contributed by atoms with E-state index in [1.165, 1.54) is 13.2 Å². The maximum Gasteiger partial charge on any atom is 0.248 e. The van der Waals surface area contributed by atoms with Crippen LogP contribution in [0.25, 0.3) is 6.08 Å². The van der Waals surface area contributed by atoms with Gasteiger partial charge in [0.1, 0.15) is 16.7 Å². The van der Waals surface area contributed by atoms with Crippen molar-refractivity contribution in [1.29, 1.82) is 0 Å². The van der Waals surface area contributed by atoms with Crippen molar-refractivity contribution in [3.05, 3.63) is 40.7 Å². The largest absolute Gasteiger partial charge is 0.497 e. The average Bonchev–Trinajstić information content (AvgIpc) is 2.86. The van der Waals surface area contributed by atoms with E-state index in [-0.39, 0.29) is 5.91 Å². The van der Waals surface area contributed by atoms with Crippen molar-refractivity contribution in [3.8, 4) is 11.5 Å². The minimum absolute atomic E-state index is 0.291. The van der Waals surface area contributed by atoms with Crippen molar-refractivity contribution in [1.82, 2.24) is 9.78 Å². The molecule has 0 fully saturated rings. The summed E-state index contributed by atoms with van der Waals surface area (Å²) in [5.74, 6) is 1.30. The molecule has 1 aromatic heterocycles. The van der Waals surface area contributed by atoms with E-state index in [9.17, 15) is 4.79 Å². The van der Waals surface area contributed by atoms with Gasteiger partial charge in [-0.05, 0) is 31.1 Å². The first-order valence-corrected chi connectivity index (χ1v) is 8.67. The molecule has 6 nitrogen and oxygen atoms in total. The molecule has 0 radical (unpaired) electrons. The number of benzene rings is 1. The Labute approximate surface area is 158 Å². The van der Waals surface area contributed by atoms with Gasteiger partial charge in [-0.3, -0.25) is 9.48 Å². The van der Waals surface area contributed by atoms with Crippen LogP contribution in [0.2, 0.25) is 5.15 Å². The minimum atomic E-state index is -0.291. The fourth-order valence-electron chi connectivity index (χ4n) is 2.46. The van der Waals surface area contributed by atoms with E-state index in [1.807, 2.05) is 6.92 Å². The first kappa shape index (κ1) is 19.8. The van der Waals surface area contributed by atoms with Gasteiger partial charge < -0.3 is 14.8 Å². The van der Waals surface area contributed by atoms with Gasteiger partial charge in [-0.2, -0.15) is 5.10 Å². The first-order valence-electron chi connectivity index (χ1n) is 8.29. The Morgan fingerprint density at radius 1 is 1.35 bits per heavy atom. The molecule has 1 N–H and O–H groups in total. The smallest absolute Gasteiger partial charge is 0.248 e. The van der Waals surface area contributed by atoms with E-state index in [0.29, 0.717) is 28.3 Å². The third-order valence-electron chi connectivity index (χ3n) is 3.72. The number of carbonyl (C=O) groups is 1. The molecule has 0 atom stereocenters. The number of hydrogen-bond acceptors (Lipinski definition) is 4. The number of ether oxygens (including phenoxy) is 2. The van der Waals surface area contributed by atoms with Crippen molar-refractivity contribution in [2.75, 3.05) is 19.5 Å². The monoisotopic (exact) mass is 377 g/mol. The highest BCUT2D eigenvalue weighted by Gasteiger charge is 2.13. The summed E-state index contributed by atoms with van der Waals surface area (Å²) in [7, 11) is 3.10. The standard InChI is InChI=1S/C19H24ClN3O3/c1-12(2)11-23-19(20)15(13(3)22-23)7-9-18(24)21-16-8-6-14(25-4)10-17(16)26-5/h6-10,12H,11H2,1-5H3,(H,21,24)/b9-7+. The van der Waals surface area contributed by atoms with Gasteiger partial charge in [-0.15, -0.1) is 0 Å². The number of nitrogens with zero attached hydrogens (tertiary/aromatic N) is 2. The number of aryl methyl sites for hydroxylation is 1. The second-order valence-corrected chi connectivity index (χ2v) is 6.61. The van der Waals surface area contributed by atoms with Gasteiger partial charge in [0.2, 0.25) is 5.91 Å². The van der Waals surface area contributed by atoms with E-state index >= 15 is 0 Å². The topological polar surface area (TPSA) is 65.4 Å². The molecule has 1 aromatic carbocycles. The van der Waals surface area contributed by atoms with E-state index in [4.69, 9.17) is 21.1 Å².